The number of hydrogen-bond donors (Lipinski definition) is 2. The van der Waals surface area contributed by atoms with Gasteiger partial charge in [-0.2, -0.15) is 0 Å². The van der Waals surface area contributed by atoms with Crippen molar-refractivity contribution in [2.24, 2.45) is 0 Å². The van der Waals surface area contributed by atoms with Crippen LogP contribution in [0.2, 0.25) is 0 Å². The predicted molar refractivity (Wildman–Crippen MR) is 138 cm³/mol. The van der Waals surface area contributed by atoms with E-state index in [0.717, 1.165) is 29.9 Å². The summed E-state index contributed by atoms with van der Waals surface area (Å²) in [5.74, 6) is 0.785. The molecule has 0 saturated heterocycles. The lowest BCUT2D eigenvalue weighted by molar-refractivity contribution is -0.115. The van der Waals surface area contributed by atoms with E-state index < -0.39 is 0 Å². The molecule has 0 unspecified atom stereocenters. The highest BCUT2D eigenvalue weighted by molar-refractivity contribution is 5.92. The summed E-state index contributed by atoms with van der Waals surface area (Å²) in [5, 5.41) is 12.1. The van der Waals surface area contributed by atoms with Crippen LogP contribution >= 0.6 is 0 Å². The minimum Gasteiger partial charge on any atom is -0.494 e. The molecule has 0 bridgehead atoms. The van der Waals surface area contributed by atoms with Crippen LogP contribution in [0.5, 0.6) is 5.75 Å². The molecule has 0 aliphatic carbocycles. The number of aliphatic hydroxyl groups excluding tert-OH is 1. The molecule has 2 rings (SSSR count). The van der Waals surface area contributed by atoms with E-state index in [9.17, 15) is 9.90 Å². The average Bonchev–Trinajstić information content (AvgIpc) is 2.83. The molecule has 0 saturated carbocycles. The number of carbonyl (C=O) groups is 1. The van der Waals surface area contributed by atoms with Crippen molar-refractivity contribution in [1.82, 2.24) is 0 Å². The molecule has 0 heterocycles. The second kappa shape index (κ2) is 17.2. The van der Waals surface area contributed by atoms with Crippen LogP contribution in [-0.2, 0) is 17.8 Å². The van der Waals surface area contributed by atoms with Gasteiger partial charge in [-0.05, 0) is 41.8 Å². The van der Waals surface area contributed by atoms with Gasteiger partial charge in [-0.25, -0.2) is 0 Å². The first-order chi connectivity index (χ1) is 16.2. The van der Waals surface area contributed by atoms with Crippen molar-refractivity contribution in [2.75, 3.05) is 11.9 Å². The van der Waals surface area contributed by atoms with Gasteiger partial charge in [0.25, 0.3) is 0 Å². The molecule has 2 aromatic carbocycles. The maximum atomic E-state index is 12.3. The second-order valence-electron chi connectivity index (χ2n) is 8.96. The smallest absolute Gasteiger partial charge is 0.228 e. The number of rotatable bonds is 18. The first-order valence-corrected chi connectivity index (χ1v) is 12.9. The Bertz CT molecular complexity index is 773. The Balaban J connectivity index is 1.51. The standard InChI is InChI=1S/C29H43NO3/c1-2-3-4-5-6-7-8-9-10-11-12-13-21-33-28-19-17-25(18-20-28)23-29(32)30-27-16-14-15-26(22-27)24-31/h14-20,22,31H,2-13,21,23-24H2,1H3,(H,30,32). The molecule has 0 aromatic heterocycles. The van der Waals surface area contributed by atoms with E-state index in [2.05, 4.69) is 12.2 Å². The molecule has 0 aliphatic rings. The number of aliphatic hydroxyl groups is 1. The third-order valence-electron chi connectivity index (χ3n) is 5.95. The Morgan fingerprint density at radius 2 is 1.39 bits per heavy atom. The maximum Gasteiger partial charge on any atom is 0.228 e. The van der Waals surface area contributed by atoms with Gasteiger partial charge in [0.1, 0.15) is 5.75 Å². The van der Waals surface area contributed by atoms with Gasteiger partial charge in [0.15, 0.2) is 0 Å². The summed E-state index contributed by atoms with van der Waals surface area (Å²) in [4.78, 5) is 12.3. The van der Waals surface area contributed by atoms with Crippen LogP contribution in [-0.4, -0.2) is 17.6 Å². The van der Waals surface area contributed by atoms with Crippen LogP contribution in [0.25, 0.3) is 0 Å². The fraction of sp³-hybridized carbons (Fsp3) is 0.552. The van der Waals surface area contributed by atoms with E-state index in [1.54, 1.807) is 6.07 Å². The van der Waals surface area contributed by atoms with Gasteiger partial charge in [-0.3, -0.25) is 4.79 Å². The van der Waals surface area contributed by atoms with Crippen molar-refractivity contribution < 1.29 is 14.6 Å². The summed E-state index contributed by atoms with van der Waals surface area (Å²) in [7, 11) is 0. The molecule has 2 N–H and O–H groups in total. The fourth-order valence-corrected chi connectivity index (χ4v) is 3.97. The van der Waals surface area contributed by atoms with Crippen molar-refractivity contribution in [1.29, 1.82) is 0 Å². The van der Waals surface area contributed by atoms with Crippen LogP contribution in [0.4, 0.5) is 5.69 Å². The minimum absolute atomic E-state index is 0.0373. The number of benzene rings is 2. The zero-order valence-corrected chi connectivity index (χ0v) is 20.5. The highest BCUT2D eigenvalue weighted by atomic mass is 16.5. The second-order valence-corrected chi connectivity index (χ2v) is 8.96. The van der Waals surface area contributed by atoms with Gasteiger partial charge in [0.05, 0.1) is 19.6 Å². The third kappa shape index (κ3) is 12.5. The fourth-order valence-electron chi connectivity index (χ4n) is 3.97. The Kier molecular flexibility index (Phi) is 14.0. The molecule has 0 radical (unpaired) electrons. The lowest BCUT2D eigenvalue weighted by atomic mass is 10.1. The van der Waals surface area contributed by atoms with Gasteiger partial charge >= 0.3 is 0 Å². The third-order valence-corrected chi connectivity index (χ3v) is 5.95. The summed E-state index contributed by atoms with van der Waals surface area (Å²) < 4.78 is 5.85. The molecule has 1 amide bonds. The van der Waals surface area contributed by atoms with Gasteiger partial charge < -0.3 is 15.2 Å². The van der Waals surface area contributed by atoms with Gasteiger partial charge in [0.2, 0.25) is 5.91 Å². The van der Waals surface area contributed by atoms with E-state index in [0.29, 0.717) is 12.1 Å². The topological polar surface area (TPSA) is 58.6 Å². The van der Waals surface area contributed by atoms with Crippen LogP contribution in [0.15, 0.2) is 48.5 Å². The number of unbranched alkanes of at least 4 members (excludes halogenated alkanes) is 11. The van der Waals surface area contributed by atoms with E-state index >= 15 is 0 Å². The summed E-state index contributed by atoms with van der Waals surface area (Å²) in [6, 6.07) is 15.0. The van der Waals surface area contributed by atoms with E-state index in [1.165, 1.54) is 70.6 Å². The number of amides is 1. The summed E-state index contributed by atoms with van der Waals surface area (Å²) in [6.07, 6.45) is 16.4. The summed E-state index contributed by atoms with van der Waals surface area (Å²) >= 11 is 0. The molecular weight excluding hydrogens is 410 g/mol. The molecular formula is C29H43NO3. The molecule has 4 nitrogen and oxygen atoms in total. The molecule has 33 heavy (non-hydrogen) atoms. The van der Waals surface area contributed by atoms with E-state index in [4.69, 9.17) is 4.74 Å². The number of nitrogens with one attached hydrogen (secondary N) is 1. The molecule has 0 atom stereocenters. The highest BCUT2D eigenvalue weighted by Crippen LogP contribution is 2.16. The molecule has 0 aliphatic heterocycles. The van der Waals surface area contributed by atoms with Gasteiger partial charge in [-0.1, -0.05) is 102 Å². The normalized spacial score (nSPS) is 10.8. The Morgan fingerprint density at radius 1 is 0.788 bits per heavy atom. The molecule has 4 heteroatoms. The lowest BCUT2D eigenvalue weighted by Crippen LogP contribution is -2.14. The predicted octanol–water partition coefficient (Wildman–Crippen LogP) is 7.44. The largest absolute Gasteiger partial charge is 0.494 e. The first kappa shape index (κ1) is 26.9. The zero-order chi connectivity index (χ0) is 23.6. The molecule has 0 fully saturated rings. The molecule has 182 valence electrons. The van der Waals surface area contributed by atoms with Crippen molar-refractivity contribution in [3.63, 3.8) is 0 Å². The Labute approximate surface area is 200 Å². The van der Waals surface area contributed by atoms with Gasteiger partial charge in [-0.15, -0.1) is 0 Å². The quantitative estimate of drug-likeness (QED) is 0.231. The first-order valence-electron chi connectivity index (χ1n) is 12.9. The zero-order valence-electron chi connectivity index (χ0n) is 20.5. The van der Waals surface area contributed by atoms with E-state index in [1.807, 2.05) is 42.5 Å². The number of carbonyl (C=O) groups excluding carboxylic acids is 1. The van der Waals surface area contributed by atoms with Crippen LogP contribution < -0.4 is 10.1 Å². The van der Waals surface area contributed by atoms with Crippen molar-refractivity contribution in [3.8, 4) is 5.75 Å². The monoisotopic (exact) mass is 453 g/mol. The highest BCUT2D eigenvalue weighted by Gasteiger charge is 2.05. The van der Waals surface area contributed by atoms with Crippen molar-refractivity contribution in [2.45, 2.75) is 97.0 Å². The number of hydrogen-bond acceptors (Lipinski definition) is 3. The van der Waals surface area contributed by atoms with E-state index in [-0.39, 0.29) is 12.5 Å². The van der Waals surface area contributed by atoms with Crippen molar-refractivity contribution >= 4 is 11.6 Å². The average molecular weight is 454 g/mol. The maximum absolute atomic E-state index is 12.3. The summed E-state index contributed by atoms with van der Waals surface area (Å²) in [6.45, 7) is 2.98. The van der Waals surface area contributed by atoms with Crippen LogP contribution in [0.3, 0.4) is 0 Å². The number of ether oxygens (including phenoxy) is 1. The Morgan fingerprint density at radius 3 is 2.00 bits per heavy atom. The minimum atomic E-state index is -0.0738. The molecule has 0 spiro atoms. The SMILES string of the molecule is CCCCCCCCCCCCCCOc1ccc(CC(=O)Nc2cccc(CO)c2)cc1. The van der Waals surface area contributed by atoms with Crippen molar-refractivity contribution in [3.05, 3.63) is 59.7 Å². The number of anilines is 1. The summed E-state index contributed by atoms with van der Waals surface area (Å²) in [5.41, 5.74) is 2.43. The molecule has 2 aromatic rings. The van der Waals surface area contributed by atoms with Crippen LogP contribution in [0, 0.1) is 0 Å². The lowest BCUT2D eigenvalue weighted by Gasteiger charge is -2.09. The van der Waals surface area contributed by atoms with Crippen LogP contribution in [0.1, 0.15) is 95.1 Å². The Hall–Kier alpha value is -2.33. The van der Waals surface area contributed by atoms with Gasteiger partial charge in [0, 0.05) is 5.69 Å².